The molecule has 2 aliphatic rings. The van der Waals surface area contributed by atoms with Gasteiger partial charge in [-0.3, -0.25) is 9.59 Å². The number of hydrogen-bond donors (Lipinski definition) is 0. The highest BCUT2D eigenvalue weighted by Crippen LogP contribution is 2.26. The summed E-state index contributed by atoms with van der Waals surface area (Å²) in [5, 5.41) is 0.682. The van der Waals surface area contributed by atoms with E-state index in [4.69, 9.17) is 13.9 Å². The maximum absolute atomic E-state index is 12.8. The van der Waals surface area contributed by atoms with Gasteiger partial charge in [0.25, 0.3) is 5.91 Å². The number of aromatic nitrogens is 2. The van der Waals surface area contributed by atoms with Crippen LogP contribution in [0.4, 0.5) is 5.82 Å². The minimum Gasteiger partial charge on any atom is -0.466 e. The van der Waals surface area contributed by atoms with E-state index in [1.807, 2.05) is 19.1 Å². The maximum Gasteiger partial charge on any atom is 0.309 e. The summed E-state index contributed by atoms with van der Waals surface area (Å²) in [5.74, 6) is 2.02. The number of carbonyl (C=O) groups is 2. The Morgan fingerprint density at radius 2 is 1.91 bits per heavy atom. The van der Waals surface area contributed by atoms with E-state index in [0.717, 1.165) is 24.6 Å². The molecule has 0 saturated carbocycles. The van der Waals surface area contributed by atoms with Crippen LogP contribution in [0.25, 0.3) is 0 Å². The number of aryl methyl sites for hydroxylation is 1. The Morgan fingerprint density at radius 3 is 2.64 bits per heavy atom. The van der Waals surface area contributed by atoms with Crippen molar-refractivity contribution >= 4 is 29.5 Å². The van der Waals surface area contributed by atoms with Gasteiger partial charge >= 0.3 is 5.97 Å². The molecule has 0 unspecified atom stereocenters. The number of morpholine rings is 1. The van der Waals surface area contributed by atoms with Crippen LogP contribution in [0.5, 0.6) is 0 Å². The minimum atomic E-state index is -0.169. The molecule has 178 valence electrons. The van der Waals surface area contributed by atoms with Crippen LogP contribution in [0, 0.1) is 12.8 Å². The number of anilines is 1. The summed E-state index contributed by atoms with van der Waals surface area (Å²) in [6.45, 7) is 8.24. The van der Waals surface area contributed by atoms with Crippen LogP contribution >= 0.6 is 11.8 Å². The van der Waals surface area contributed by atoms with E-state index in [-0.39, 0.29) is 17.8 Å². The molecule has 0 N–H and O–H groups in total. The number of rotatable bonds is 7. The van der Waals surface area contributed by atoms with Gasteiger partial charge < -0.3 is 23.7 Å². The average Bonchev–Trinajstić information content (AvgIpc) is 3.32. The second-order valence-electron chi connectivity index (χ2n) is 8.12. The first kappa shape index (κ1) is 23.6. The lowest BCUT2D eigenvalue weighted by Crippen LogP contribution is -2.40. The van der Waals surface area contributed by atoms with E-state index in [1.165, 1.54) is 11.8 Å². The Labute approximate surface area is 197 Å². The van der Waals surface area contributed by atoms with Crippen molar-refractivity contribution in [3.05, 3.63) is 35.4 Å². The monoisotopic (exact) mass is 474 g/mol. The molecule has 9 nitrogen and oxygen atoms in total. The van der Waals surface area contributed by atoms with Crippen molar-refractivity contribution in [1.82, 2.24) is 14.9 Å². The van der Waals surface area contributed by atoms with Gasteiger partial charge in [0.15, 0.2) is 10.9 Å². The van der Waals surface area contributed by atoms with Crippen LogP contribution < -0.4 is 4.90 Å². The van der Waals surface area contributed by atoms with Gasteiger partial charge in [-0.2, -0.15) is 0 Å². The van der Waals surface area contributed by atoms with E-state index in [9.17, 15) is 9.59 Å². The first-order chi connectivity index (χ1) is 16.0. The molecule has 0 atom stereocenters. The first-order valence-electron chi connectivity index (χ1n) is 11.4. The van der Waals surface area contributed by atoms with E-state index in [0.29, 0.717) is 68.2 Å². The molecule has 1 amide bonds. The van der Waals surface area contributed by atoms with Crippen LogP contribution in [0.3, 0.4) is 0 Å². The summed E-state index contributed by atoms with van der Waals surface area (Å²) in [6, 6.07) is 5.53. The first-order valence-corrected chi connectivity index (χ1v) is 12.4. The zero-order valence-electron chi connectivity index (χ0n) is 19.1. The molecular formula is C23H30N4O5S. The predicted molar refractivity (Wildman–Crippen MR) is 123 cm³/mol. The van der Waals surface area contributed by atoms with Gasteiger partial charge in [-0.15, -0.1) is 0 Å². The van der Waals surface area contributed by atoms with Crippen molar-refractivity contribution in [2.75, 3.05) is 50.9 Å². The largest absolute Gasteiger partial charge is 0.466 e. The van der Waals surface area contributed by atoms with Gasteiger partial charge in [-0.1, -0.05) is 11.8 Å². The summed E-state index contributed by atoms with van der Waals surface area (Å²) >= 11 is 1.48. The number of thioether (sulfide) groups is 1. The zero-order chi connectivity index (χ0) is 23.2. The van der Waals surface area contributed by atoms with E-state index >= 15 is 0 Å². The lowest BCUT2D eigenvalue weighted by Gasteiger charge is -2.30. The quantitative estimate of drug-likeness (QED) is 0.341. The summed E-state index contributed by atoms with van der Waals surface area (Å²) in [7, 11) is 0. The third-order valence-electron chi connectivity index (χ3n) is 5.77. The topological polar surface area (TPSA) is 98.0 Å². The summed E-state index contributed by atoms with van der Waals surface area (Å²) in [4.78, 5) is 37.9. The number of amides is 1. The molecule has 4 rings (SSSR count). The predicted octanol–water partition coefficient (Wildman–Crippen LogP) is 2.92. The number of esters is 1. The highest BCUT2D eigenvalue weighted by molar-refractivity contribution is 7.98. The van der Waals surface area contributed by atoms with Gasteiger partial charge in [0.1, 0.15) is 11.6 Å². The normalized spacial score (nSPS) is 17.3. The molecule has 2 fully saturated rings. The number of hydrogen-bond acceptors (Lipinski definition) is 9. The van der Waals surface area contributed by atoms with Crippen molar-refractivity contribution < 1.29 is 23.5 Å². The Hall–Kier alpha value is -2.59. The Kier molecular flexibility index (Phi) is 7.87. The number of likely N-dealkylation sites (tertiary alicyclic amines) is 1. The number of furan rings is 1. The number of ether oxygens (including phenoxy) is 2. The van der Waals surface area contributed by atoms with Crippen LogP contribution in [0.2, 0.25) is 0 Å². The van der Waals surface area contributed by atoms with Gasteiger partial charge in [-0.25, -0.2) is 9.97 Å². The molecule has 0 aromatic carbocycles. The van der Waals surface area contributed by atoms with Gasteiger partial charge in [0, 0.05) is 37.9 Å². The molecule has 4 heterocycles. The fourth-order valence-electron chi connectivity index (χ4n) is 3.98. The third-order valence-corrected chi connectivity index (χ3v) is 6.64. The van der Waals surface area contributed by atoms with Crippen molar-refractivity contribution in [2.45, 2.75) is 37.6 Å². The number of carbonyl (C=O) groups excluding carboxylic acids is 2. The maximum atomic E-state index is 12.8. The van der Waals surface area contributed by atoms with Gasteiger partial charge in [0.2, 0.25) is 0 Å². The Morgan fingerprint density at radius 1 is 1.15 bits per heavy atom. The van der Waals surface area contributed by atoms with Crippen LogP contribution in [0.15, 0.2) is 27.8 Å². The second-order valence-corrected chi connectivity index (χ2v) is 9.07. The van der Waals surface area contributed by atoms with Gasteiger partial charge in [-0.05, 0) is 38.8 Å². The number of piperidine rings is 1. The molecule has 2 aliphatic heterocycles. The molecule has 2 aromatic heterocycles. The highest BCUT2D eigenvalue weighted by atomic mass is 32.2. The molecule has 10 heteroatoms. The minimum absolute atomic E-state index is 0.130. The van der Waals surface area contributed by atoms with Crippen molar-refractivity contribution in [3.8, 4) is 0 Å². The zero-order valence-corrected chi connectivity index (χ0v) is 19.9. The van der Waals surface area contributed by atoms with E-state index in [2.05, 4.69) is 14.9 Å². The molecule has 33 heavy (non-hydrogen) atoms. The molecule has 2 aromatic rings. The van der Waals surface area contributed by atoms with E-state index < -0.39 is 0 Å². The van der Waals surface area contributed by atoms with Gasteiger partial charge in [0.05, 0.1) is 31.5 Å². The van der Waals surface area contributed by atoms with Crippen LogP contribution in [-0.4, -0.2) is 72.7 Å². The SMILES string of the molecule is CCOC(=O)C1CCN(C(=O)c2ccc(CSc3nc(C)cc(N4CCOCC4)n3)o2)CC1. The van der Waals surface area contributed by atoms with E-state index in [1.54, 1.807) is 17.9 Å². The molecule has 0 bridgehead atoms. The molecule has 0 spiro atoms. The highest BCUT2D eigenvalue weighted by Gasteiger charge is 2.29. The Bertz CT molecular complexity index is 968. The fourth-order valence-corrected chi connectivity index (χ4v) is 4.78. The van der Waals surface area contributed by atoms with Crippen LogP contribution in [-0.2, 0) is 20.0 Å². The Balaban J connectivity index is 1.31. The lowest BCUT2D eigenvalue weighted by atomic mass is 9.97. The molecule has 0 aliphatic carbocycles. The molecule has 0 radical (unpaired) electrons. The summed E-state index contributed by atoms with van der Waals surface area (Å²) in [6.07, 6.45) is 1.23. The fraction of sp³-hybridized carbons (Fsp3) is 0.565. The molecule has 2 saturated heterocycles. The van der Waals surface area contributed by atoms with Crippen LogP contribution in [0.1, 0.15) is 41.8 Å². The summed E-state index contributed by atoms with van der Waals surface area (Å²) in [5.41, 5.74) is 0.913. The van der Waals surface area contributed by atoms with Crippen molar-refractivity contribution in [1.29, 1.82) is 0 Å². The summed E-state index contributed by atoms with van der Waals surface area (Å²) < 4.78 is 16.3. The standard InChI is InChI=1S/C23H30N4O5S/c1-3-31-22(29)17-6-8-27(9-7-17)21(28)19-5-4-18(32-19)15-33-23-24-16(2)14-20(25-23)26-10-12-30-13-11-26/h4-5,14,17H,3,6-13,15H2,1-2H3. The van der Waals surface area contributed by atoms with Crippen molar-refractivity contribution in [2.24, 2.45) is 5.92 Å². The van der Waals surface area contributed by atoms with Crippen molar-refractivity contribution in [3.63, 3.8) is 0 Å². The second kappa shape index (κ2) is 11.0. The third kappa shape index (κ3) is 6.05. The smallest absolute Gasteiger partial charge is 0.309 e. The lowest BCUT2D eigenvalue weighted by molar-refractivity contribution is -0.149. The molecular weight excluding hydrogens is 444 g/mol. The average molecular weight is 475 g/mol. The number of nitrogens with zero attached hydrogens (tertiary/aromatic N) is 4.